The lowest BCUT2D eigenvalue weighted by molar-refractivity contribution is 0.0985. The van der Waals surface area contributed by atoms with Crippen LogP contribution in [0.3, 0.4) is 0 Å². The molecule has 0 atom stereocenters. The normalized spacial score (nSPS) is 14.0. The van der Waals surface area contributed by atoms with Crippen LogP contribution in [0.1, 0.15) is 22.3 Å². The molecule has 1 aliphatic heterocycles. The Hall–Kier alpha value is -2.15. The minimum Gasteiger partial charge on any atom is -0.308 e. The van der Waals surface area contributed by atoms with Crippen molar-refractivity contribution in [1.29, 1.82) is 0 Å². The van der Waals surface area contributed by atoms with Gasteiger partial charge in [0.2, 0.25) is 10.0 Å². The summed E-state index contributed by atoms with van der Waals surface area (Å²) in [6, 6.07) is 11.6. The number of halogens is 1. The minimum absolute atomic E-state index is 0.122. The first-order valence-corrected chi connectivity index (χ1v) is 10.1. The molecule has 7 heteroatoms. The zero-order valence-electron chi connectivity index (χ0n) is 14.1. The first-order chi connectivity index (χ1) is 12.4. The summed E-state index contributed by atoms with van der Waals surface area (Å²) in [5, 5.41) is 0.572. The Bertz CT molecular complexity index is 940. The molecule has 2 aromatic rings. The number of hydrogen-bond donors (Lipinski definition) is 1. The van der Waals surface area contributed by atoms with E-state index in [0.717, 1.165) is 24.1 Å². The quantitative estimate of drug-likeness (QED) is 0.795. The lowest BCUT2D eigenvalue weighted by atomic mass is 10.0. The number of nitrogens with zero attached hydrogens (tertiary/aromatic N) is 1. The van der Waals surface area contributed by atoms with Crippen molar-refractivity contribution in [1.82, 2.24) is 4.72 Å². The highest BCUT2D eigenvalue weighted by Gasteiger charge is 2.25. The van der Waals surface area contributed by atoms with Gasteiger partial charge in [-0.15, -0.1) is 6.58 Å². The van der Waals surface area contributed by atoms with Gasteiger partial charge in [0.05, 0.1) is 4.90 Å². The fourth-order valence-electron chi connectivity index (χ4n) is 2.95. The second kappa shape index (κ2) is 7.61. The van der Waals surface area contributed by atoms with Crippen LogP contribution in [0.2, 0.25) is 5.02 Å². The number of hydrogen-bond acceptors (Lipinski definition) is 3. The third kappa shape index (κ3) is 3.82. The smallest absolute Gasteiger partial charge is 0.258 e. The van der Waals surface area contributed by atoms with Crippen LogP contribution in [0.4, 0.5) is 5.69 Å². The Morgan fingerprint density at radius 2 is 1.96 bits per heavy atom. The number of carbonyl (C=O) groups excluding carboxylic acids is 1. The van der Waals surface area contributed by atoms with Crippen LogP contribution in [0.5, 0.6) is 0 Å². The highest BCUT2D eigenvalue weighted by molar-refractivity contribution is 7.89. The van der Waals surface area contributed by atoms with Crippen LogP contribution < -0.4 is 9.62 Å². The molecule has 0 spiro atoms. The van der Waals surface area contributed by atoms with Gasteiger partial charge in [-0.1, -0.05) is 17.7 Å². The number of sulfonamides is 1. The number of carbonyl (C=O) groups is 1. The summed E-state index contributed by atoms with van der Waals surface area (Å²) in [6.45, 7) is 4.27. The molecule has 3 rings (SSSR count). The predicted octanol–water partition coefficient (Wildman–Crippen LogP) is 3.40. The summed E-state index contributed by atoms with van der Waals surface area (Å²) >= 11 is 5.89. The molecule has 0 saturated heterocycles. The van der Waals surface area contributed by atoms with Gasteiger partial charge in [0.1, 0.15) is 0 Å². The summed E-state index contributed by atoms with van der Waals surface area (Å²) in [5.74, 6) is -0.122. The van der Waals surface area contributed by atoms with E-state index in [1.165, 1.54) is 12.1 Å². The van der Waals surface area contributed by atoms with Crippen LogP contribution in [-0.4, -0.2) is 27.4 Å². The van der Waals surface area contributed by atoms with Crippen molar-refractivity contribution in [3.63, 3.8) is 0 Å². The van der Waals surface area contributed by atoms with Crippen molar-refractivity contribution in [3.05, 3.63) is 71.3 Å². The topological polar surface area (TPSA) is 66.5 Å². The Morgan fingerprint density at radius 3 is 2.65 bits per heavy atom. The van der Waals surface area contributed by atoms with Crippen molar-refractivity contribution in [2.45, 2.75) is 17.7 Å². The molecule has 1 N–H and O–H groups in total. The molecule has 0 unspecified atom stereocenters. The Labute approximate surface area is 158 Å². The maximum atomic E-state index is 12.8. The number of aryl methyl sites for hydroxylation is 1. The van der Waals surface area contributed by atoms with Crippen LogP contribution in [0, 0.1) is 0 Å². The monoisotopic (exact) mass is 390 g/mol. The van der Waals surface area contributed by atoms with Gasteiger partial charge < -0.3 is 4.90 Å². The van der Waals surface area contributed by atoms with Crippen molar-refractivity contribution in [2.24, 2.45) is 0 Å². The van der Waals surface area contributed by atoms with E-state index in [-0.39, 0.29) is 17.3 Å². The maximum Gasteiger partial charge on any atom is 0.258 e. The summed E-state index contributed by atoms with van der Waals surface area (Å²) < 4.78 is 27.0. The van der Waals surface area contributed by atoms with Gasteiger partial charge in [-0.25, -0.2) is 13.1 Å². The Morgan fingerprint density at radius 1 is 1.23 bits per heavy atom. The second-order valence-electron chi connectivity index (χ2n) is 6.00. The zero-order valence-corrected chi connectivity index (χ0v) is 15.7. The van der Waals surface area contributed by atoms with Gasteiger partial charge in [0, 0.05) is 29.4 Å². The number of rotatable bonds is 5. The largest absolute Gasteiger partial charge is 0.308 e. The maximum absolute atomic E-state index is 12.8. The Kier molecular flexibility index (Phi) is 5.46. The first-order valence-electron chi connectivity index (χ1n) is 8.23. The summed E-state index contributed by atoms with van der Waals surface area (Å²) in [7, 11) is -3.59. The molecule has 0 fully saturated rings. The molecular formula is C19H19ClN2O3S. The molecule has 26 heavy (non-hydrogen) atoms. The number of fused-ring (bicyclic) bond motifs is 1. The molecule has 1 heterocycles. The number of nitrogens with one attached hydrogen (secondary N) is 1. The van der Waals surface area contributed by atoms with Gasteiger partial charge in [-0.3, -0.25) is 4.79 Å². The van der Waals surface area contributed by atoms with Gasteiger partial charge in [-0.05, 0) is 60.9 Å². The average molecular weight is 391 g/mol. The van der Waals surface area contributed by atoms with Crippen LogP contribution in [0.25, 0.3) is 0 Å². The standard InChI is InChI=1S/C19H19ClN2O3S/c1-2-11-21-26(24,25)17-9-10-18-15(13-17)4-3-12-22(18)19(23)14-5-7-16(20)8-6-14/h2,5-10,13,21H,1,3-4,11-12H2. The molecule has 136 valence electrons. The average Bonchev–Trinajstić information content (AvgIpc) is 2.65. The minimum atomic E-state index is -3.59. The highest BCUT2D eigenvalue weighted by Crippen LogP contribution is 2.30. The third-order valence-corrected chi connectivity index (χ3v) is 5.91. The molecule has 0 bridgehead atoms. The second-order valence-corrected chi connectivity index (χ2v) is 8.20. The Balaban J connectivity index is 1.92. The number of amides is 1. The van der Waals surface area contributed by atoms with E-state index >= 15 is 0 Å². The molecule has 1 amide bonds. The molecule has 0 aliphatic carbocycles. The van der Waals surface area contributed by atoms with Gasteiger partial charge in [0.15, 0.2) is 0 Å². The van der Waals surface area contributed by atoms with Gasteiger partial charge >= 0.3 is 0 Å². The molecule has 0 saturated carbocycles. The van der Waals surface area contributed by atoms with E-state index in [0.29, 0.717) is 17.1 Å². The zero-order chi connectivity index (χ0) is 18.7. The van der Waals surface area contributed by atoms with Crippen molar-refractivity contribution in [3.8, 4) is 0 Å². The predicted molar refractivity (Wildman–Crippen MR) is 103 cm³/mol. The first kappa shape index (κ1) is 18.6. The fourth-order valence-corrected chi connectivity index (χ4v) is 4.13. The molecular weight excluding hydrogens is 372 g/mol. The molecule has 1 aliphatic rings. The van der Waals surface area contributed by atoms with E-state index in [1.54, 1.807) is 41.3 Å². The van der Waals surface area contributed by atoms with Crippen molar-refractivity contribution >= 4 is 33.2 Å². The fraction of sp³-hybridized carbons (Fsp3) is 0.211. The highest BCUT2D eigenvalue weighted by atomic mass is 35.5. The molecule has 5 nitrogen and oxygen atoms in total. The van der Waals surface area contributed by atoms with Gasteiger partial charge in [-0.2, -0.15) is 0 Å². The number of anilines is 1. The SMILES string of the molecule is C=CCNS(=O)(=O)c1ccc2c(c1)CCCN2C(=O)c1ccc(Cl)cc1. The summed E-state index contributed by atoms with van der Waals surface area (Å²) in [5.41, 5.74) is 2.14. The van der Waals surface area contributed by atoms with Crippen LogP contribution in [0.15, 0.2) is 60.0 Å². The van der Waals surface area contributed by atoms with Crippen LogP contribution >= 0.6 is 11.6 Å². The van der Waals surface area contributed by atoms with Crippen LogP contribution in [-0.2, 0) is 16.4 Å². The van der Waals surface area contributed by atoms with E-state index in [1.807, 2.05) is 0 Å². The lowest BCUT2D eigenvalue weighted by Crippen LogP contribution is -2.35. The molecule has 0 radical (unpaired) electrons. The summed E-state index contributed by atoms with van der Waals surface area (Å²) in [6.07, 6.45) is 2.99. The van der Waals surface area contributed by atoms with E-state index in [4.69, 9.17) is 11.6 Å². The number of benzene rings is 2. The molecule has 2 aromatic carbocycles. The van der Waals surface area contributed by atoms with E-state index in [2.05, 4.69) is 11.3 Å². The van der Waals surface area contributed by atoms with E-state index < -0.39 is 10.0 Å². The van der Waals surface area contributed by atoms with Crippen molar-refractivity contribution < 1.29 is 13.2 Å². The lowest BCUT2D eigenvalue weighted by Gasteiger charge is -2.30. The third-order valence-electron chi connectivity index (χ3n) is 4.23. The van der Waals surface area contributed by atoms with E-state index in [9.17, 15) is 13.2 Å². The molecule has 0 aromatic heterocycles. The van der Waals surface area contributed by atoms with Crippen molar-refractivity contribution in [2.75, 3.05) is 18.0 Å². The van der Waals surface area contributed by atoms with Gasteiger partial charge in [0.25, 0.3) is 5.91 Å². The summed E-state index contributed by atoms with van der Waals surface area (Å²) in [4.78, 5) is 14.7.